The predicted octanol–water partition coefficient (Wildman–Crippen LogP) is 1.68. The van der Waals surface area contributed by atoms with E-state index >= 15 is 0 Å². The second-order valence-electron chi connectivity index (χ2n) is 6.53. The van der Waals surface area contributed by atoms with Crippen LogP contribution in [0.15, 0.2) is 24.3 Å². The molecule has 0 radical (unpaired) electrons. The van der Waals surface area contributed by atoms with E-state index in [9.17, 15) is 9.59 Å². The smallest absolute Gasteiger partial charge is 0.251 e. The Morgan fingerprint density at radius 3 is 2.28 bits per heavy atom. The lowest BCUT2D eigenvalue weighted by Gasteiger charge is -2.34. The minimum atomic E-state index is -0.463. The lowest BCUT2D eigenvalue weighted by atomic mass is 10.00. The molecule has 3 N–H and O–H groups in total. The van der Waals surface area contributed by atoms with Crippen LogP contribution in [-0.2, 0) is 4.79 Å². The third-order valence-electron chi connectivity index (χ3n) is 4.42. The zero-order chi connectivity index (χ0) is 17.7. The standard InChI is InChI=1S/C18H24N4O2.ClH/c1-12(2)16(20)18(24)22-9-7-15(8-10-22)21-17(23)14-5-3-13(11-19)4-6-14;/h3-6,12,15-16H,7-10,20H2,1-2H3,(H,21,23);1H/t16-;/m0./s1. The Bertz CT molecular complexity index is 631. The maximum absolute atomic E-state index is 12.2. The number of carbonyl (C=O) groups excluding carboxylic acids is 2. The molecule has 2 rings (SSSR count). The largest absolute Gasteiger partial charge is 0.349 e. The molecule has 6 nitrogen and oxygen atoms in total. The molecule has 1 saturated heterocycles. The van der Waals surface area contributed by atoms with Crippen LogP contribution in [-0.4, -0.2) is 41.9 Å². The molecule has 1 aromatic carbocycles. The van der Waals surface area contributed by atoms with Crippen molar-refractivity contribution in [2.45, 2.75) is 38.8 Å². The van der Waals surface area contributed by atoms with Crippen LogP contribution in [0.4, 0.5) is 0 Å². The summed E-state index contributed by atoms with van der Waals surface area (Å²) in [5.41, 5.74) is 6.99. The van der Waals surface area contributed by atoms with Gasteiger partial charge in [-0.1, -0.05) is 13.8 Å². The van der Waals surface area contributed by atoms with Gasteiger partial charge in [0.15, 0.2) is 0 Å². The van der Waals surface area contributed by atoms with E-state index in [0.29, 0.717) is 24.2 Å². The average molecular weight is 365 g/mol. The topological polar surface area (TPSA) is 99.2 Å². The molecule has 136 valence electrons. The molecule has 0 aliphatic carbocycles. The van der Waals surface area contributed by atoms with Crippen LogP contribution in [0.3, 0.4) is 0 Å². The van der Waals surface area contributed by atoms with Gasteiger partial charge in [-0.05, 0) is 43.0 Å². The molecule has 1 aliphatic heterocycles. The van der Waals surface area contributed by atoms with Gasteiger partial charge in [0.2, 0.25) is 5.91 Å². The van der Waals surface area contributed by atoms with Gasteiger partial charge < -0.3 is 16.0 Å². The highest BCUT2D eigenvalue weighted by molar-refractivity contribution is 5.94. The molecule has 1 aliphatic rings. The lowest BCUT2D eigenvalue weighted by molar-refractivity contribution is -0.134. The van der Waals surface area contributed by atoms with Gasteiger partial charge in [-0.3, -0.25) is 9.59 Å². The summed E-state index contributed by atoms with van der Waals surface area (Å²) < 4.78 is 0. The Hall–Kier alpha value is -2.10. The summed E-state index contributed by atoms with van der Waals surface area (Å²) >= 11 is 0. The molecule has 0 bridgehead atoms. The van der Waals surface area contributed by atoms with E-state index in [1.807, 2.05) is 19.9 Å². The first-order valence-corrected chi connectivity index (χ1v) is 8.27. The minimum Gasteiger partial charge on any atom is -0.349 e. The normalized spacial score (nSPS) is 15.9. The van der Waals surface area contributed by atoms with Crippen molar-refractivity contribution in [3.8, 4) is 6.07 Å². The van der Waals surface area contributed by atoms with Crippen LogP contribution in [0.1, 0.15) is 42.6 Å². The van der Waals surface area contributed by atoms with E-state index in [1.54, 1.807) is 29.2 Å². The number of piperidine rings is 1. The molecule has 1 aromatic rings. The molecule has 1 atom stereocenters. The van der Waals surface area contributed by atoms with Crippen LogP contribution in [0, 0.1) is 17.2 Å². The number of hydrogen-bond acceptors (Lipinski definition) is 4. The molecular formula is C18H25ClN4O2. The van der Waals surface area contributed by atoms with Crippen LogP contribution < -0.4 is 11.1 Å². The third-order valence-corrected chi connectivity index (χ3v) is 4.42. The summed E-state index contributed by atoms with van der Waals surface area (Å²) in [6, 6.07) is 8.16. The molecule has 1 heterocycles. The summed E-state index contributed by atoms with van der Waals surface area (Å²) in [5.74, 6) is -0.0451. The number of rotatable bonds is 4. The number of amides is 2. The Labute approximate surface area is 154 Å². The van der Waals surface area contributed by atoms with Crippen molar-refractivity contribution in [2.75, 3.05) is 13.1 Å². The Morgan fingerprint density at radius 1 is 1.24 bits per heavy atom. The van der Waals surface area contributed by atoms with E-state index in [0.717, 1.165) is 12.8 Å². The number of hydrogen-bond donors (Lipinski definition) is 2. The first kappa shape index (κ1) is 20.9. The van der Waals surface area contributed by atoms with Crippen molar-refractivity contribution < 1.29 is 9.59 Å². The molecule has 0 unspecified atom stereocenters. The number of carbonyl (C=O) groups is 2. The first-order valence-electron chi connectivity index (χ1n) is 8.27. The SMILES string of the molecule is CC(C)[C@H](N)C(=O)N1CCC(NC(=O)c2ccc(C#N)cc2)CC1.Cl. The Kier molecular flexibility index (Phi) is 7.88. The third kappa shape index (κ3) is 5.45. The highest BCUT2D eigenvalue weighted by Gasteiger charge is 2.28. The number of likely N-dealkylation sites (tertiary alicyclic amines) is 1. The van der Waals surface area contributed by atoms with Crippen LogP contribution >= 0.6 is 12.4 Å². The van der Waals surface area contributed by atoms with E-state index in [2.05, 4.69) is 5.32 Å². The summed E-state index contributed by atoms with van der Waals surface area (Å²) in [4.78, 5) is 26.3. The van der Waals surface area contributed by atoms with E-state index in [1.165, 1.54) is 0 Å². The molecule has 25 heavy (non-hydrogen) atoms. The van der Waals surface area contributed by atoms with Crippen molar-refractivity contribution in [1.29, 1.82) is 5.26 Å². The van der Waals surface area contributed by atoms with Gasteiger partial charge in [0.25, 0.3) is 5.91 Å². The highest BCUT2D eigenvalue weighted by atomic mass is 35.5. The second kappa shape index (κ2) is 9.40. The van der Waals surface area contributed by atoms with E-state index in [-0.39, 0.29) is 36.2 Å². The quantitative estimate of drug-likeness (QED) is 0.849. The highest BCUT2D eigenvalue weighted by Crippen LogP contribution is 2.14. The summed E-state index contributed by atoms with van der Waals surface area (Å²) in [7, 11) is 0. The number of nitriles is 1. The fourth-order valence-electron chi connectivity index (χ4n) is 2.71. The molecule has 0 saturated carbocycles. The van der Waals surface area contributed by atoms with Crippen LogP contribution in [0.25, 0.3) is 0 Å². The van der Waals surface area contributed by atoms with Crippen molar-refractivity contribution in [2.24, 2.45) is 11.7 Å². The number of benzene rings is 1. The van der Waals surface area contributed by atoms with Gasteiger partial charge >= 0.3 is 0 Å². The lowest BCUT2D eigenvalue weighted by Crippen LogP contribution is -2.52. The van der Waals surface area contributed by atoms with Gasteiger partial charge in [-0.25, -0.2) is 0 Å². The number of nitrogens with zero attached hydrogens (tertiary/aromatic N) is 2. The van der Waals surface area contributed by atoms with Crippen molar-refractivity contribution in [1.82, 2.24) is 10.2 Å². The maximum Gasteiger partial charge on any atom is 0.251 e. The van der Waals surface area contributed by atoms with Gasteiger partial charge in [0, 0.05) is 24.7 Å². The first-order chi connectivity index (χ1) is 11.4. The monoisotopic (exact) mass is 364 g/mol. The van der Waals surface area contributed by atoms with Crippen molar-refractivity contribution >= 4 is 24.2 Å². The fourth-order valence-corrected chi connectivity index (χ4v) is 2.71. The Balaban J connectivity index is 0.00000312. The van der Waals surface area contributed by atoms with Gasteiger partial charge in [-0.15, -0.1) is 12.4 Å². The van der Waals surface area contributed by atoms with E-state index < -0.39 is 6.04 Å². The summed E-state index contributed by atoms with van der Waals surface area (Å²) in [6.45, 7) is 5.09. The fraction of sp³-hybridized carbons (Fsp3) is 0.500. The molecular weight excluding hydrogens is 340 g/mol. The summed E-state index contributed by atoms with van der Waals surface area (Å²) in [5, 5.41) is 11.8. The van der Waals surface area contributed by atoms with E-state index in [4.69, 9.17) is 11.0 Å². The van der Waals surface area contributed by atoms with Crippen LogP contribution in [0.5, 0.6) is 0 Å². The molecule has 2 amide bonds. The van der Waals surface area contributed by atoms with Crippen molar-refractivity contribution in [3.63, 3.8) is 0 Å². The molecule has 1 fully saturated rings. The number of halogens is 1. The van der Waals surface area contributed by atoms with Gasteiger partial charge in [0.1, 0.15) is 0 Å². The molecule has 0 aromatic heterocycles. The van der Waals surface area contributed by atoms with Crippen LogP contribution in [0.2, 0.25) is 0 Å². The summed E-state index contributed by atoms with van der Waals surface area (Å²) in [6.07, 6.45) is 1.44. The van der Waals surface area contributed by atoms with Gasteiger partial charge in [-0.2, -0.15) is 5.26 Å². The van der Waals surface area contributed by atoms with Crippen molar-refractivity contribution in [3.05, 3.63) is 35.4 Å². The molecule has 0 spiro atoms. The zero-order valence-corrected chi connectivity index (χ0v) is 15.4. The molecule has 7 heteroatoms. The van der Waals surface area contributed by atoms with Gasteiger partial charge in [0.05, 0.1) is 17.7 Å². The number of nitrogens with one attached hydrogen (secondary N) is 1. The zero-order valence-electron chi connectivity index (χ0n) is 14.6. The average Bonchev–Trinajstić information content (AvgIpc) is 2.61. The Morgan fingerprint density at radius 2 is 1.80 bits per heavy atom. The minimum absolute atomic E-state index is 0. The maximum atomic E-state index is 12.2. The number of nitrogens with two attached hydrogens (primary N) is 1. The second-order valence-corrected chi connectivity index (χ2v) is 6.53. The predicted molar refractivity (Wildman–Crippen MR) is 98.3 cm³/mol.